The van der Waals surface area contributed by atoms with Gasteiger partial charge in [0, 0.05) is 29.7 Å². The van der Waals surface area contributed by atoms with E-state index in [0.29, 0.717) is 11.0 Å². The summed E-state index contributed by atoms with van der Waals surface area (Å²) in [5.74, 6) is 0.647. The van der Waals surface area contributed by atoms with Crippen LogP contribution in [0.3, 0.4) is 0 Å². The van der Waals surface area contributed by atoms with Crippen LogP contribution in [0.25, 0.3) is 0 Å². The second-order valence-electron chi connectivity index (χ2n) is 3.52. The van der Waals surface area contributed by atoms with E-state index in [4.69, 9.17) is 11.6 Å². The molecule has 0 spiro atoms. The van der Waals surface area contributed by atoms with Crippen LogP contribution in [0.1, 0.15) is 11.8 Å². The van der Waals surface area contributed by atoms with Crippen LogP contribution in [0.5, 0.6) is 0 Å². The van der Waals surface area contributed by atoms with Crippen molar-refractivity contribution in [2.24, 2.45) is 0 Å². The molecule has 0 aromatic carbocycles. The van der Waals surface area contributed by atoms with Gasteiger partial charge in [-0.25, -0.2) is 9.97 Å². The maximum atomic E-state index is 5.92. The fourth-order valence-corrected chi connectivity index (χ4v) is 2.43. The molecule has 0 bridgehead atoms. The molecule has 0 fully saturated rings. The van der Waals surface area contributed by atoms with Gasteiger partial charge in [-0.15, -0.1) is 11.3 Å². The minimum absolute atomic E-state index is 0.285. The fraction of sp³-hybridized carbons (Fsp3) is 0.273. The molecule has 5 heteroatoms. The van der Waals surface area contributed by atoms with Crippen molar-refractivity contribution < 1.29 is 0 Å². The Labute approximate surface area is 104 Å². The molecule has 0 saturated carbocycles. The van der Waals surface area contributed by atoms with E-state index >= 15 is 0 Å². The highest BCUT2D eigenvalue weighted by Crippen LogP contribution is 2.17. The van der Waals surface area contributed by atoms with Gasteiger partial charge in [-0.3, -0.25) is 0 Å². The third kappa shape index (κ3) is 2.93. The number of thiophene rings is 1. The minimum Gasteiger partial charge on any atom is -0.365 e. The topological polar surface area (TPSA) is 37.8 Å². The summed E-state index contributed by atoms with van der Waals surface area (Å²) in [7, 11) is 0. The average molecular weight is 254 g/mol. The highest BCUT2D eigenvalue weighted by atomic mass is 35.5. The van der Waals surface area contributed by atoms with Gasteiger partial charge in [0.1, 0.15) is 0 Å². The number of nitrogens with zero attached hydrogens (tertiary/aromatic N) is 2. The number of anilines is 1. The Hall–Kier alpha value is -1.13. The van der Waals surface area contributed by atoms with Crippen LogP contribution < -0.4 is 5.32 Å². The summed E-state index contributed by atoms with van der Waals surface area (Å²) >= 11 is 7.67. The SMILES string of the molecule is CC(Cc1cccs1)Nc1nccnc1Cl. The second-order valence-corrected chi connectivity index (χ2v) is 4.91. The van der Waals surface area contributed by atoms with Crippen molar-refractivity contribution in [3.63, 3.8) is 0 Å². The average Bonchev–Trinajstić information content (AvgIpc) is 2.74. The van der Waals surface area contributed by atoms with Crippen LogP contribution in [-0.2, 0) is 6.42 Å². The lowest BCUT2D eigenvalue weighted by Crippen LogP contribution is -2.18. The molecule has 1 unspecified atom stereocenters. The van der Waals surface area contributed by atoms with Crippen molar-refractivity contribution in [1.82, 2.24) is 9.97 Å². The van der Waals surface area contributed by atoms with Gasteiger partial charge < -0.3 is 5.32 Å². The number of hydrogen-bond donors (Lipinski definition) is 1. The van der Waals surface area contributed by atoms with Crippen molar-refractivity contribution in [1.29, 1.82) is 0 Å². The lowest BCUT2D eigenvalue weighted by atomic mass is 10.2. The van der Waals surface area contributed by atoms with Crippen LogP contribution in [0.4, 0.5) is 5.82 Å². The molecular weight excluding hydrogens is 242 g/mol. The molecule has 0 aliphatic rings. The minimum atomic E-state index is 0.285. The van der Waals surface area contributed by atoms with Gasteiger partial charge in [-0.1, -0.05) is 17.7 Å². The summed E-state index contributed by atoms with van der Waals surface area (Å²) in [6.45, 7) is 2.10. The second kappa shape index (κ2) is 5.27. The number of halogens is 1. The maximum absolute atomic E-state index is 5.92. The van der Waals surface area contributed by atoms with E-state index in [-0.39, 0.29) is 6.04 Å². The van der Waals surface area contributed by atoms with Gasteiger partial charge in [-0.05, 0) is 18.4 Å². The summed E-state index contributed by atoms with van der Waals surface area (Å²) < 4.78 is 0. The van der Waals surface area contributed by atoms with E-state index in [0.717, 1.165) is 6.42 Å². The summed E-state index contributed by atoms with van der Waals surface area (Å²) in [5, 5.41) is 5.75. The molecule has 0 saturated heterocycles. The molecule has 1 N–H and O–H groups in total. The number of hydrogen-bond acceptors (Lipinski definition) is 4. The Balaban J connectivity index is 1.97. The zero-order valence-corrected chi connectivity index (χ0v) is 10.4. The molecule has 0 aliphatic heterocycles. The molecule has 2 aromatic heterocycles. The van der Waals surface area contributed by atoms with Crippen molar-refractivity contribution in [3.05, 3.63) is 39.9 Å². The zero-order chi connectivity index (χ0) is 11.4. The van der Waals surface area contributed by atoms with E-state index in [1.54, 1.807) is 23.7 Å². The Morgan fingerprint density at radius 2 is 2.25 bits per heavy atom. The monoisotopic (exact) mass is 253 g/mol. The smallest absolute Gasteiger partial charge is 0.171 e. The molecule has 0 aliphatic carbocycles. The number of rotatable bonds is 4. The van der Waals surface area contributed by atoms with Gasteiger partial charge in [-0.2, -0.15) is 0 Å². The summed E-state index contributed by atoms with van der Waals surface area (Å²) in [4.78, 5) is 9.46. The quantitative estimate of drug-likeness (QED) is 0.909. The van der Waals surface area contributed by atoms with Crippen molar-refractivity contribution in [2.45, 2.75) is 19.4 Å². The lowest BCUT2D eigenvalue weighted by molar-refractivity contribution is 0.793. The Morgan fingerprint density at radius 1 is 1.44 bits per heavy atom. The Kier molecular flexibility index (Phi) is 3.74. The van der Waals surface area contributed by atoms with E-state index in [9.17, 15) is 0 Å². The van der Waals surface area contributed by atoms with E-state index in [1.165, 1.54) is 4.88 Å². The van der Waals surface area contributed by atoms with Gasteiger partial charge in [0.15, 0.2) is 11.0 Å². The lowest BCUT2D eigenvalue weighted by Gasteiger charge is -2.13. The first-order valence-electron chi connectivity index (χ1n) is 5.01. The molecule has 0 amide bonds. The molecule has 0 radical (unpaired) electrons. The summed E-state index contributed by atoms with van der Waals surface area (Å²) in [5.41, 5.74) is 0. The highest BCUT2D eigenvalue weighted by molar-refractivity contribution is 7.09. The third-order valence-electron chi connectivity index (χ3n) is 2.12. The van der Waals surface area contributed by atoms with Crippen LogP contribution in [0.2, 0.25) is 5.15 Å². The molecule has 2 rings (SSSR count). The standard InChI is InChI=1S/C11H12ClN3S/c1-8(7-9-3-2-6-16-9)15-11-10(12)13-4-5-14-11/h2-6,8H,7H2,1H3,(H,14,15). The zero-order valence-electron chi connectivity index (χ0n) is 8.85. The number of aromatic nitrogens is 2. The predicted octanol–water partition coefficient (Wildman–Crippen LogP) is 3.23. The summed E-state index contributed by atoms with van der Waals surface area (Å²) in [6, 6.07) is 4.47. The molecule has 16 heavy (non-hydrogen) atoms. The predicted molar refractivity (Wildman–Crippen MR) is 68.1 cm³/mol. The maximum Gasteiger partial charge on any atom is 0.171 e. The number of nitrogens with one attached hydrogen (secondary N) is 1. The first kappa shape index (κ1) is 11.4. The van der Waals surface area contributed by atoms with Gasteiger partial charge in [0.05, 0.1) is 0 Å². The molecule has 2 heterocycles. The van der Waals surface area contributed by atoms with Crippen molar-refractivity contribution in [3.8, 4) is 0 Å². The molecule has 84 valence electrons. The van der Waals surface area contributed by atoms with Gasteiger partial charge >= 0.3 is 0 Å². The van der Waals surface area contributed by atoms with E-state index in [2.05, 4.69) is 39.7 Å². The van der Waals surface area contributed by atoms with E-state index in [1.807, 2.05) is 0 Å². The van der Waals surface area contributed by atoms with Crippen LogP contribution in [0, 0.1) is 0 Å². The normalized spacial score (nSPS) is 12.4. The Bertz CT molecular complexity index is 444. The van der Waals surface area contributed by atoms with Crippen LogP contribution >= 0.6 is 22.9 Å². The van der Waals surface area contributed by atoms with Gasteiger partial charge in [0.25, 0.3) is 0 Å². The first-order chi connectivity index (χ1) is 7.75. The molecule has 1 atom stereocenters. The molecule has 3 nitrogen and oxygen atoms in total. The first-order valence-corrected chi connectivity index (χ1v) is 6.27. The Morgan fingerprint density at radius 3 is 2.94 bits per heavy atom. The summed E-state index contributed by atoms with van der Waals surface area (Å²) in [6.07, 6.45) is 4.17. The van der Waals surface area contributed by atoms with Crippen LogP contribution in [-0.4, -0.2) is 16.0 Å². The van der Waals surface area contributed by atoms with Gasteiger partial charge in [0.2, 0.25) is 0 Å². The van der Waals surface area contributed by atoms with Crippen molar-refractivity contribution >= 4 is 28.8 Å². The highest BCUT2D eigenvalue weighted by Gasteiger charge is 2.08. The van der Waals surface area contributed by atoms with Crippen LogP contribution in [0.15, 0.2) is 29.9 Å². The largest absolute Gasteiger partial charge is 0.365 e. The molecular formula is C11H12ClN3S. The van der Waals surface area contributed by atoms with E-state index < -0.39 is 0 Å². The fourth-order valence-electron chi connectivity index (χ4n) is 1.43. The van der Waals surface area contributed by atoms with Crippen molar-refractivity contribution in [2.75, 3.05) is 5.32 Å². The molecule has 2 aromatic rings. The third-order valence-corrected chi connectivity index (χ3v) is 3.30.